The van der Waals surface area contributed by atoms with E-state index in [2.05, 4.69) is 18.2 Å². The Bertz CT molecular complexity index is 180. The third kappa shape index (κ3) is 2.06. The third-order valence-electron chi connectivity index (χ3n) is 2.30. The first-order valence-corrected chi connectivity index (χ1v) is 4.01. The van der Waals surface area contributed by atoms with Crippen LogP contribution >= 0.6 is 0 Å². The molecular weight excluding hydrogens is 138 g/mol. The van der Waals surface area contributed by atoms with Crippen molar-refractivity contribution in [3.8, 4) is 6.07 Å². The van der Waals surface area contributed by atoms with Crippen LogP contribution in [0.3, 0.4) is 0 Å². The van der Waals surface area contributed by atoms with Gasteiger partial charge < -0.3 is 5.11 Å². The van der Waals surface area contributed by atoms with Crippen molar-refractivity contribution in [1.82, 2.24) is 0 Å². The first-order chi connectivity index (χ1) is 5.38. The number of aliphatic hydroxyl groups excluding tert-OH is 1. The predicted molar refractivity (Wildman–Crippen MR) is 42.7 cm³/mol. The summed E-state index contributed by atoms with van der Waals surface area (Å²) in [5.41, 5.74) is 0. The van der Waals surface area contributed by atoms with Crippen molar-refractivity contribution < 1.29 is 5.11 Å². The number of hydrogen-bond donors (Lipinski definition) is 1. The normalized spacial score (nSPS) is 29.8. The zero-order valence-corrected chi connectivity index (χ0v) is 6.53. The summed E-state index contributed by atoms with van der Waals surface area (Å²) < 4.78 is 0. The fourth-order valence-corrected chi connectivity index (χ4v) is 1.52. The monoisotopic (exact) mass is 151 g/mol. The Kier molecular flexibility index (Phi) is 3.13. The summed E-state index contributed by atoms with van der Waals surface area (Å²) in [5, 5.41) is 17.4. The second-order valence-corrected chi connectivity index (χ2v) is 3.01. The van der Waals surface area contributed by atoms with E-state index in [1.165, 1.54) is 0 Å². The smallest absolute Gasteiger partial charge is 0.0624 e. The van der Waals surface area contributed by atoms with Gasteiger partial charge >= 0.3 is 0 Å². The minimum absolute atomic E-state index is 0.219. The number of aliphatic hydroxyl groups is 1. The van der Waals surface area contributed by atoms with Crippen molar-refractivity contribution in [3.05, 3.63) is 12.2 Å². The highest BCUT2D eigenvalue weighted by Crippen LogP contribution is 2.27. The van der Waals surface area contributed by atoms with Crippen molar-refractivity contribution >= 4 is 0 Å². The van der Waals surface area contributed by atoms with Gasteiger partial charge in [-0.05, 0) is 24.7 Å². The van der Waals surface area contributed by atoms with Crippen LogP contribution in [-0.4, -0.2) is 11.7 Å². The fraction of sp³-hybridized carbons (Fsp3) is 0.667. The van der Waals surface area contributed by atoms with Gasteiger partial charge in [0.25, 0.3) is 0 Å². The molecule has 0 aromatic carbocycles. The van der Waals surface area contributed by atoms with Crippen molar-refractivity contribution in [2.45, 2.75) is 19.3 Å². The van der Waals surface area contributed by atoms with Crippen LogP contribution < -0.4 is 0 Å². The summed E-state index contributed by atoms with van der Waals surface area (Å²) in [6.07, 6.45) is 6.67. The number of allylic oxidation sites excluding steroid dienone is 2. The van der Waals surface area contributed by atoms with Crippen LogP contribution in [-0.2, 0) is 0 Å². The fourth-order valence-electron chi connectivity index (χ4n) is 1.52. The molecule has 2 nitrogen and oxygen atoms in total. The molecule has 0 saturated carbocycles. The second-order valence-electron chi connectivity index (χ2n) is 3.01. The molecule has 0 aromatic heterocycles. The number of hydrogen-bond acceptors (Lipinski definition) is 2. The van der Waals surface area contributed by atoms with Gasteiger partial charge in [0, 0.05) is 13.0 Å². The molecule has 11 heavy (non-hydrogen) atoms. The lowest BCUT2D eigenvalue weighted by Crippen LogP contribution is -2.19. The summed E-state index contributed by atoms with van der Waals surface area (Å²) in [6.45, 7) is 0.219. The summed E-state index contributed by atoms with van der Waals surface area (Å²) in [5.74, 6) is 0.703. The van der Waals surface area contributed by atoms with E-state index in [0.29, 0.717) is 18.3 Å². The van der Waals surface area contributed by atoms with E-state index in [-0.39, 0.29) is 6.61 Å². The van der Waals surface area contributed by atoms with Gasteiger partial charge in [0.1, 0.15) is 0 Å². The average molecular weight is 151 g/mol. The number of nitrogens with zero attached hydrogens (tertiary/aromatic N) is 1. The van der Waals surface area contributed by atoms with Crippen LogP contribution in [0.4, 0.5) is 0 Å². The summed E-state index contributed by atoms with van der Waals surface area (Å²) in [6, 6.07) is 2.16. The molecule has 0 radical (unpaired) electrons. The molecule has 0 amide bonds. The highest BCUT2D eigenvalue weighted by molar-refractivity contribution is 4.96. The van der Waals surface area contributed by atoms with Crippen LogP contribution in [0, 0.1) is 23.2 Å². The zero-order valence-electron chi connectivity index (χ0n) is 6.53. The first kappa shape index (κ1) is 8.29. The van der Waals surface area contributed by atoms with Gasteiger partial charge in [-0.15, -0.1) is 0 Å². The van der Waals surface area contributed by atoms with Crippen molar-refractivity contribution in [1.29, 1.82) is 5.26 Å². The minimum Gasteiger partial charge on any atom is -0.396 e. The molecule has 1 aliphatic rings. The van der Waals surface area contributed by atoms with Gasteiger partial charge in [-0.2, -0.15) is 5.26 Å². The van der Waals surface area contributed by atoms with E-state index < -0.39 is 0 Å². The zero-order chi connectivity index (χ0) is 8.10. The number of rotatable bonds is 2. The Morgan fingerprint density at radius 2 is 2.00 bits per heavy atom. The van der Waals surface area contributed by atoms with Crippen molar-refractivity contribution in [2.75, 3.05) is 6.61 Å². The Hall–Kier alpha value is -0.810. The molecule has 0 unspecified atom stereocenters. The molecule has 1 rings (SSSR count). The van der Waals surface area contributed by atoms with Gasteiger partial charge in [0.15, 0.2) is 0 Å². The molecule has 1 N–H and O–H groups in total. The minimum atomic E-state index is 0.219. The van der Waals surface area contributed by atoms with E-state index in [9.17, 15) is 0 Å². The largest absolute Gasteiger partial charge is 0.396 e. The highest BCUT2D eigenvalue weighted by Gasteiger charge is 2.20. The van der Waals surface area contributed by atoms with Crippen LogP contribution in [0.2, 0.25) is 0 Å². The third-order valence-corrected chi connectivity index (χ3v) is 2.30. The highest BCUT2D eigenvalue weighted by atomic mass is 16.3. The molecule has 0 aromatic rings. The summed E-state index contributed by atoms with van der Waals surface area (Å²) in [7, 11) is 0. The lowest BCUT2D eigenvalue weighted by Gasteiger charge is -2.24. The molecule has 0 spiro atoms. The molecule has 1 aliphatic carbocycles. The molecular formula is C9H13NO. The summed E-state index contributed by atoms with van der Waals surface area (Å²) >= 11 is 0. The maximum Gasteiger partial charge on any atom is 0.0624 e. The Morgan fingerprint density at radius 3 is 2.55 bits per heavy atom. The van der Waals surface area contributed by atoms with Crippen LogP contribution in [0.5, 0.6) is 0 Å². The molecule has 0 saturated heterocycles. The van der Waals surface area contributed by atoms with Gasteiger partial charge in [0.05, 0.1) is 6.07 Å². The van der Waals surface area contributed by atoms with E-state index >= 15 is 0 Å². The number of nitriles is 1. The first-order valence-electron chi connectivity index (χ1n) is 4.01. The molecule has 60 valence electrons. The van der Waals surface area contributed by atoms with Gasteiger partial charge in [-0.1, -0.05) is 12.2 Å². The molecule has 2 heteroatoms. The molecule has 0 aliphatic heterocycles. The lowest BCUT2D eigenvalue weighted by molar-refractivity contribution is 0.173. The topological polar surface area (TPSA) is 44.0 Å². The van der Waals surface area contributed by atoms with Crippen molar-refractivity contribution in [2.24, 2.45) is 11.8 Å². The Balaban J connectivity index is 2.48. The predicted octanol–water partition coefficient (Wildman–Crippen LogP) is 1.47. The maximum atomic E-state index is 8.94. The van der Waals surface area contributed by atoms with Crippen LogP contribution in [0.1, 0.15) is 19.3 Å². The molecule has 0 bridgehead atoms. The molecule has 0 fully saturated rings. The molecule has 2 atom stereocenters. The van der Waals surface area contributed by atoms with Gasteiger partial charge in [-0.25, -0.2) is 0 Å². The van der Waals surface area contributed by atoms with Crippen LogP contribution in [0.25, 0.3) is 0 Å². The Morgan fingerprint density at radius 1 is 1.36 bits per heavy atom. The summed E-state index contributed by atoms with van der Waals surface area (Å²) in [4.78, 5) is 0. The van der Waals surface area contributed by atoms with Crippen LogP contribution in [0.15, 0.2) is 12.2 Å². The SMILES string of the molecule is N#CC[C@H]1CC=CC[C@H]1CO. The van der Waals surface area contributed by atoms with Gasteiger partial charge in [-0.3, -0.25) is 0 Å². The quantitative estimate of drug-likeness (QED) is 0.607. The van der Waals surface area contributed by atoms with E-state index in [1.807, 2.05) is 0 Å². The second kappa shape index (κ2) is 4.15. The molecule has 0 heterocycles. The van der Waals surface area contributed by atoms with Gasteiger partial charge in [0.2, 0.25) is 0 Å². The van der Waals surface area contributed by atoms with E-state index in [1.54, 1.807) is 0 Å². The lowest BCUT2D eigenvalue weighted by atomic mass is 9.82. The van der Waals surface area contributed by atoms with E-state index in [0.717, 1.165) is 12.8 Å². The Labute approximate surface area is 67.2 Å². The average Bonchev–Trinajstić information content (AvgIpc) is 2.06. The standard InChI is InChI=1S/C9H13NO/c10-6-5-8-3-1-2-4-9(8)7-11/h1-2,8-9,11H,3-5,7H2/t8-,9+/m1/s1. The maximum absolute atomic E-state index is 8.94. The van der Waals surface area contributed by atoms with E-state index in [4.69, 9.17) is 10.4 Å². The van der Waals surface area contributed by atoms with Crippen molar-refractivity contribution in [3.63, 3.8) is 0 Å².